The van der Waals surface area contributed by atoms with E-state index in [0.29, 0.717) is 6.42 Å². The fraction of sp³-hybridized carbons (Fsp3) is 0.684. The highest BCUT2D eigenvalue weighted by Gasteiger charge is 2.33. The molecular weight excluding hydrogens is 382 g/mol. The first-order valence-corrected chi connectivity index (χ1v) is 9.32. The number of ether oxygens (including phenoxy) is 2. The maximum atomic E-state index is 12.9. The molecule has 2 amide bonds. The topological polar surface area (TPSA) is 131 Å². The summed E-state index contributed by atoms with van der Waals surface area (Å²) in [6.07, 6.45) is -0.448. The van der Waals surface area contributed by atoms with Crippen LogP contribution in [0, 0.1) is 5.92 Å². The van der Waals surface area contributed by atoms with Crippen molar-refractivity contribution in [1.29, 1.82) is 0 Å². The van der Waals surface area contributed by atoms with Crippen LogP contribution in [0.25, 0.3) is 0 Å². The molecule has 0 unspecified atom stereocenters. The molecule has 10 heteroatoms. The molecule has 0 saturated heterocycles. The van der Waals surface area contributed by atoms with Crippen LogP contribution >= 0.6 is 0 Å². The maximum absolute atomic E-state index is 12.9. The van der Waals surface area contributed by atoms with E-state index in [4.69, 9.17) is 14.0 Å². The third-order valence-electron chi connectivity index (χ3n) is 3.91. The Balaban J connectivity index is 2.95. The molecule has 0 aliphatic carbocycles. The zero-order chi connectivity index (χ0) is 22.4. The van der Waals surface area contributed by atoms with Crippen LogP contribution in [0.5, 0.6) is 5.88 Å². The molecule has 0 aliphatic heterocycles. The first-order chi connectivity index (χ1) is 13.3. The van der Waals surface area contributed by atoms with Crippen molar-refractivity contribution in [3.63, 3.8) is 0 Å². The van der Waals surface area contributed by atoms with Crippen molar-refractivity contribution in [2.75, 3.05) is 14.2 Å². The van der Waals surface area contributed by atoms with E-state index >= 15 is 0 Å². The molecule has 0 aromatic carbocycles. The van der Waals surface area contributed by atoms with Gasteiger partial charge in [0.1, 0.15) is 23.4 Å². The second kappa shape index (κ2) is 10.1. The van der Waals surface area contributed by atoms with Crippen LogP contribution in [0.2, 0.25) is 0 Å². The number of aliphatic carboxylic acids is 1. The molecule has 1 aromatic rings. The van der Waals surface area contributed by atoms with Crippen LogP contribution < -0.4 is 10.1 Å². The molecule has 0 aliphatic rings. The molecule has 29 heavy (non-hydrogen) atoms. The Bertz CT molecular complexity index is 709. The van der Waals surface area contributed by atoms with Gasteiger partial charge in [-0.2, -0.15) is 0 Å². The number of carboxylic acids is 1. The SMILES string of the molecule is COc1cc(C[C@@H](NC(=O)[C@H](CC(C)C)N(C)C(=O)OC(C)(C)C)C(=O)O)on1. The molecule has 2 N–H and O–H groups in total. The standard InChI is InChI=1S/C19H31N3O7/c1-11(2)8-14(22(6)18(26)28-19(3,4)5)16(23)20-13(17(24)25)9-12-10-15(27-7)21-29-12/h10-11,13-14H,8-9H2,1-7H3,(H,20,23)(H,24,25)/t13-,14+/m1/s1. The first-order valence-electron chi connectivity index (χ1n) is 9.32. The molecule has 1 rings (SSSR count). The summed E-state index contributed by atoms with van der Waals surface area (Å²) in [6, 6.07) is -0.710. The number of rotatable bonds is 9. The molecule has 1 heterocycles. The van der Waals surface area contributed by atoms with E-state index in [2.05, 4.69) is 10.5 Å². The lowest BCUT2D eigenvalue weighted by atomic mass is 10.0. The van der Waals surface area contributed by atoms with Gasteiger partial charge in [-0.3, -0.25) is 9.69 Å². The van der Waals surface area contributed by atoms with Crippen molar-refractivity contribution in [3.8, 4) is 5.88 Å². The molecule has 0 bridgehead atoms. The fourth-order valence-electron chi connectivity index (χ4n) is 2.50. The van der Waals surface area contributed by atoms with Gasteiger partial charge in [-0.25, -0.2) is 9.59 Å². The third-order valence-corrected chi connectivity index (χ3v) is 3.91. The van der Waals surface area contributed by atoms with Crippen molar-refractivity contribution in [3.05, 3.63) is 11.8 Å². The van der Waals surface area contributed by atoms with Crippen molar-refractivity contribution >= 4 is 18.0 Å². The lowest BCUT2D eigenvalue weighted by Gasteiger charge is -2.31. The van der Waals surface area contributed by atoms with Gasteiger partial charge in [-0.05, 0) is 38.3 Å². The van der Waals surface area contributed by atoms with Gasteiger partial charge in [0.25, 0.3) is 5.88 Å². The molecular formula is C19H31N3O7. The highest BCUT2D eigenvalue weighted by molar-refractivity contribution is 5.89. The number of nitrogens with one attached hydrogen (secondary N) is 1. The predicted molar refractivity (Wildman–Crippen MR) is 104 cm³/mol. The van der Waals surface area contributed by atoms with Crippen molar-refractivity contribution in [1.82, 2.24) is 15.4 Å². The highest BCUT2D eigenvalue weighted by Crippen LogP contribution is 2.17. The van der Waals surface area contributed by atoms with E-state index in [1.54, 1.807) is 20.8 Å². The number of hydrogen-bond donors (Lipinski definition) is 2. The van der Waals surface area contributed by atoms with Gasteiger partial charge in [0, 0.05) is 19.5 Å². The third kappa shape index (κ3) is 8.00. The quantitative estimate of drug-likeness (QED) is 0.629. The number of carboxylic acid groups (broad SMARTS) is 1. The van der Waals surface area contributed by atoms with Crippen molar-refractivity contribution in [2.45, 2.75) is 65.1 Å². The summed E-state index contributed by atoms with van der Waals surface area (Å²) in [6.45, 7) is 8.98. The van der Waals surface area contributed by atoms with Gasteiger partial charge in [0.15, 0.2) is 0 Å². The molecule has 10 nitrogen and oxygen atoms in total. The van der Waals surface area contributed by atoms with E-state index in [-0.39, 0.29) is 24.0 Å². The molecule has 2 atom stereocenters. The minimum atomic E-state index is -1.26. The number of amides is 2. The van der Waals surface area contributed by atoms with Gasteiger partial charge in [0.05, 0.1) is 7.11 Å². The number of methoxy groups -OCH3 is 1. The van der Waals surface area contributed by atoms with Crippen LogP contribution in [0.4, 0.5) is 4.79 Å². The van der Waals surface area contributed by atoms with E-state index in [0.717, 1.165) is 0 Å². The number of nitrogens with zero attached hydrogens (tertiary/aromatic N) is 2. The zero-order valence-corrected chi connectivity index (χ0v) is 18.0. The van der Waals surface area contributed by atoms with Gasteiger partial charge in [0.2, 0.25) is 5.91 Å². The van der Waals surface area contributed by atoms with Crippen molar-refractivity contribution < 1.29 is 33.5 Å². The van der Waals surface area contributed by atoms with Gasteiger partial charge >= 0.3 is 12.1 Å². The molecule has 0 fully saturated rings. The molecule has 0 saturated carbocycles. The van der Waals surface area contributed by atoms with Crippen LogP contribution in [-0.4, -0.2) is 65.0 Å². The average molecular weight is 413 g/mol. The summed E-state index contributed by atoms with van der Waals surface area (Å²) in [5.74, 6) is -1.30. The van der Waals surface area contributed by atoms with Crippen LogP contribution in [0.1, 0.15) is 46.8 Å². The predicted octanol–water partition coefficient (Wildman–Crippen LogP) is 2.08. The van der Waals surface area contributed by atoms with Gasteiger partial charge in [-0.15, -0.1) is 0 Å². The number of likely N-dealkylation sites (N-methyl/N-ethyl adjacent to an activating group) is 1. The lowest BCUT2D eigenvalue weighted by Crippen LogP contribution is -2.53. The highest BCUT2D eigenvalue weighted by atomic mass is 16.6. The Morgan fingerprint density at radius 1 is 1.31 bits per heavy atom. The fourth-order valence-corrected chi connectivity index (χ4v) is 2.50. The summed E-state index contributed by atoms with van der Waals surface area (Å²) in [5, 5.41) is 15.6. The largest absolute Gasteiger partial charge is 0.480 e. The Labute approximate surface area is 170 Å². The van der Waals surface area contributed by atoms with E-state index in [1.807, 2.05) is 13.8 Å². The first kappa shape index (κ1) is 24.3. The van der Waals surface area contributed by atoms with Crippen molar-refractivity contribution in [2.24, 2.45) is 5.92 Å². The molecule has 1 aromatic heterocycles. The summed E-state index contributed by atoms with van der Waals surface area (Å²) in [5.41, 5.74) is -0.723. The Hall–Kier alpha value is -2.78. The average Bonchev–Trinajstić information content (AvgIpc) is 3.04. The zero-order valence-electron chi connectivity index (χ0n) is 18.0. The minimum absolute atomic E-state index is 0.0810. The summed E-state index contributed by atoms with van der Waals surface area (Å²) in [7, 11) is 2.86. The monoisotopic (exact) mass is 413 g/mol. The normalized spacial score (nSPS) is 13.5. The minimum Gasteiger partial charge on any atom is -0.480 e. The number of hydrogen-bond acceptors (Lipinski definition) is 7. The maximum Gasteiger partial charge on any atom is 0.410 e. The Morgan fingerprint density at radius 2 is 1.93 bits per heavy atom. The Kier molecular flexibility index (Phi) is 8.47. The summed E-state index contributed by atoms with van der Waals surface area (Å²) >= 11 is 0. The Morgan fingerprint density at radius 3 is 2.38 bits per heavy atom. The van der Waals surface area contributed by atoms with E-state index in [1.165, 1.54) is 25.1 Å². The number of aromatic nitrogens is 1. The van der Waals surface area contributed by atoms with Gasteiger partial charge in [-0.1, -0.05) is 13.8 Å². The number of carbonyl (C=O) groups excluding carboxylic acids is 2. The number of carbonyl (C=O) groups is 3. The second-order valence-corrected chi connectivity index (χ2v) is 8.18. The summed E-state index contributed by atoms with van der Waals surface area (Å²) < 4.78 is 15.2. The van der Waals surface area contributed by atoms with Crippen LogP contribution in [0.15, 0.2) is 10.6 Å². The summed E-state index contributed by atoms with van der Waals surface area (Å²) in [4.78, 5) is 38.1. The molecule has 164 valence electrons. The van der Waals surface area contributed by atoms with E-state index in [9.17, 15) is 19.5 Å². The second-order valence-electron chi connectivity index (χ2n) is 8.18. The molecule has 0 spiro atoms. The smallest absolute Gasteiger partial charge is 0.410 e. The molecule has 0 radical (unpaired) electrons. The van der Waals surface area contributed by atoms with Gasteiger partial charge < -0.3 is 24.4 Å². The van der Waals surface area contributed by atoms with E-state index < -0.39 is 35.7 Å². The lowest BCUT2D eigenvalue weighted by molar-refractivity contribution is -0.142. The van der Waals surface area contributed by atoms with Crippen LogP contribution in [0.3, 0.4) is 0 Å². The van der Waals surface area contributed by atoms with Crippen LogP contribution in [-0.2, 0) is 20.7 Å².